The lowest BCUT2D eigenvalue weighted by molar-refractivity contribution is 0.907. The molecule has 1 aromatic heterocycles. The molecule has 0 aliphatic carbocycles. The molecular weight excluding hydrogens is 279 g/mol. The van der Waals surface area contributed by atoms with E-state index in [2.05, 4.69) is 18.8 Å². The number of halogens is 2. The Morgan fingerprint density at radius 1 is 1.00 bits per heavy atom. The van der Waals surface area contributed by atoms with Gasteiger partial charge in [0, 0.05) is 10.6 Å². The predicted molar refractivity (Wildman–Crippen MR) is 81.0 cm³/mol. The van der Waals surface area contributed by atoms with Crippen LogP contribution in [0, 0.1) is 6.92 Å². The highest BCUT2D eigenvalue weighted by Crippen LogP contribution is 2.31. The van der Waals surface area contributed by atoms with Gasteiger partial charge in [-0.05, 0) is 38.0 Å². The van der Waals surface area contributed by atoms with Gasteiger partial charge < -0.3 is 0 Å². The van der Waals surface area contributed by atoms with Gasteiger partial charge in [-0.3, -0.25) is 4.98 Å². The maximum absolute atomic E-state index is 6.28. The minimum absolute atomic E-state index is 0.613. The van der Waals surface area contributed by atoms with Gasteiger partial charge in [0.1, 0.15) is 0 Å². The van der Waals surface area contributed by atoms with Gasteiger partial charge >= 0.3 is 0 Å². The summed E-state index contributed by atoms with van der Waals surface area (Å²) in [5.41, 5.74) is 4.74. The summed E-state index contributed by atoms with van der Waals surface area (Å²) in [7, 11) is 0. The van der Waals surface area contributed by atoms with E-state index in [4.69, 9.17) is 28.2 Å². The van der Waals surface area contributed by atoms with Gasteiger partial charge in [0.25, 0.3) is 0 Å². The van der Waals surface area contributed by atoms with E-state index in [9.17, 15) is 0 Å². The molecule has 2 aromatic rings. The Labute approximate surface area is 123 Å². The number of rotatable bonds is 3. The summed E-state index contributed by atoms with van der Waals surface area (Å²) in [6.07, 6.45) is 1.69. The maximum Gasteiger partial charge on any atom is 0.0935 e. The lowest BCUT2D eigenvalue weighted by Gasteiger charge is -2.12. The van der Waals surface area contributed by atoms with Crippen molar-refractivity contribution in [1.29, 1.82) is 0 Å². The number of aromatic nitrogens is 2. The Morgan fingerprint density at radius 3 is 2.26 bits per heavy atom. The molecule has 0 unspecified atom stereocenters. The van der Waals surface area contributed by atoms with Crippen molar-refractivity contribution >= 4 is 23.2 Å². The largest absolute Gasteiger partial charge is 0.254 e. The van der Waals surface area contributed by atoms with E-state index in [1.165, 1.54) is 0 Å². The van der Waals surface area contributed by atoms with Crippen LogP contribution in [-0.2, 0) is 12.8 Å². The molecule has 2 rings (SSSR count). The van der Waals surface area contributed by atoms with E-state index in [0.29, 0.717) is 10.0 Å². The van der Waals surface area contributed by atoms with Crippen molar-refractivity contribution in [2.45, 2.75) is 33.6 Å². The lowest BCUT2D eigenvalue weighted by atomic mass is 10.1. The first kappa shape index (κ1) is 14.3. The third-order valence-electron chi connectivity index (χ3n) is 3.10. The Balaban J connectivity index is 2.66. The molecule has 0 radical (unpaired) electrons. The lowest BCUT2D eigenvalue weighted by Crippen LogP contribution is -2.04. The monoisotopic (exact) mass is 294 g/mol. The molecule has 2 nitrogen and oxygen atoms in total. The predicted octanol–water partition coefficient (Wildman–Crippen LogP) is 4.88. The highest BCUT2D eigenvalue weighted by molar-refractivity contribution is 6.36. The molecule has 1 heterocycles. The molecule has 0 amide bonds. The molecule has 0 aliphatic heterocycles. The molecule has 100 valence electrons. The van der Waals surface area contributed by atoms with Crippen LogP contribution in [0.25, 0.3) is 11.3 Å². The summed E-state index contributed by atoms with van der Waals surface area (Å²) < 4.78 is 0. The Kier molecular flexibility index (Phi) is 4.43. The van der Waals surface area contributed by atoms with Crippen molar-refractivity contribution in [2.75, 3.05) is 0 Å². The molecule has 0 N–H and O–H groups in total. The summed E-state index contributed by atoms with van der Waals surface area (Å²) in [6, 6.07) is 5.48. The summed E-state index contributed by atoms with van der Waals surface area (Å²) in [6.45, 7) is 6.15. The van der Waals surface area contributed by atoms with E-state index < -0.39 is 0 Å². The second-order valence-electron chi connectivity index (χ2n) is 4.38. The number of hydrogen-bond donors (Lipinski definition) is 0. The Morgan fingerprint density at radius 2 is 1.68 bits per heavy atom. The van der Waals surface area contributed by atoms with E-state index in [0.717, 1.165) is 41.2 Å². The second-order valence-corrected chi connectivity index (χ2v) is 5.23. The molecule has 0 fully saturated rings. The highest BCUT2D eigenvalue weighted by Gasteiger charge is 2.14. The Bertz CT molecular complexity index is 609. The van der Waals surface area contributed by atoms with E-state index in [1.807, 2.05) is 19.1 Å². The molecule has 0 spiro atoms. The highest BCUT2D eigenvalue weighted by atomic mass is 35.5. The van der Waals surface area contributed by atoms with Crippen molar-refractivity contribution in [3.63, 3.8) is 0 Å². The van der Waals surface area contributed by atoms with Crippen LogP contribution >= 0.6 is 23.2 Å². The van der Waals surface area contributed by atoms with Crippen LogP contribution in [0.3, 0.4) is 0 Å². The fraction of sp³-hybridized carbons (Fsp3) is 0.333. The number of hydrogen-bond acceptors (Lipinski definition) is 2. The van der Waals surface area contributed by atoms with Crippen LogP contribution in [0.4, 0.5) is 0 Å². The van der Waals surface area contributed by atoms with E-state index >= 15 is 0 Å². The quantitative estimate of drug-likeness (QED) is 0.806. The van der Waals surface area contributed by atoms with E-state index in [-0.39, 0.29) is 0 Å². The van der Waals surface area contributed by atoms with Gasteiger partial charge in [-0.1, -0.05) is 37.0 Å². The van der Waals surface area contributed by atoms with Crippen molar-refractivity contribution < 1.29 is 0 Å². The summed E-state index contributed by atoms with van der Waals surface area (Å²) in [5, 5.41) is 1.24. The van der Waals surface area contributed by atoms with Crippen molar-refractivity contribution in [2.24, 2.45) is 0 Å². The Hall–Kier alpha value is -1.12. The van der Waals surface area contributed by atoms with Gasteiger partial charge in [-0.25, -0.2) is 4.98 Å². The van der Waals surface area contributed by atoms with Crippen molar-refractivity contribution in [3.05, 3.63) is 45.3 Å². The zero-order valence-corrected chi connectivity index (χ0v) is 12.8. The van der Waals surface area contributed by atoms with Crippen LogP contribution < -0.4 is 0 Å². The molecule has 0 atom stereocenters. The second kappa shape index (κ2) is 5.89. The van der Waals surface area contributed by atoms with Crippen LogP contribution in [-0.4, -0.2) is 9.97 Å². The van der Waals surface area contributed by atoms with Gasteiger partial charge in [0.2, 0.25) is 0 Å². The van der Waals surface area contributed by atoms with Crippen LogP contribution in [0.2, 0.25) is 10.0 Å². The molecule has 0 aliphatic rings. The number of nitrogens with zero attached hydrogens (tertiary/aromatic N) is 2. The molecular formula is C15H16Cl2N2. The van der Waals surface area contributed by atoms with Crippen molar-refractivity contribution in [1.82, 2.24) is 9.97 Å². The number of aryl methyl sites for hydroxylation is 3. The smallest absolute Gasteiger partial charge is 0.0935 e. The van der Waals surface area contributed by atoms with Crippen LogP contribution in [0.5, 0.6) is 0 Å². The molecule has 0 saturated heterocycles. The van der Waals surface area contributed by atoms with Crippen molar-refractivity contribution in [3.8, 4) is 11.3 Å². The fourth-order valence-electron chi connectivity index (χ4n) is 2.08. The summed E-state index contributed by atoms with van der Waals surface area (Å²) in [4.78, 5) is 9.38. The third-order valence-corrected chi connectivity index (χ3v) is 3.64. The first-order chi connectivity index (χ1) is 9.06. The zero-order chi connectivity index (χ0) is 14.0. The maximum atomic E-state index is 6.28. The standard InChI is InChI=1S/C15H16Cl2N2/c1-4-13-9(3)18-14(5-2)15(19-13)11-7-6-10(16)8-12(11)17/h6-8H,4-5H2,1-3H3. The third kappa shape index (κ3) is 2.90. The first-order valence-corrected chi connectivity index (χ1v) is 7.14. The average Bonchev–Trinajstić information content (AvgIpc) is 2.39. The van der Waals surface area contributed by atoms with E-state index in [1.54, 1.807) is 6.07 Å². The SMILES string of the molecule is CCc1nc(-c2ccc(Cl)cc2Cl)c(CC)nc1C. The molecule has 0 saturated carbocycles. The zero-order valence-electron chi connectivity index (χ0n) is 11.3. The summed E-state index contributed by atoms with van der Waals surface area (Å²) in [5.74, 6) is 0. The minimum Gasteiger partial charge on any atom is -0.254 e. The normalized spacial score (nSPS) is 10.8. The molecule has 19 heavy (non-hydrogen) atoms. The van der Waals surface area contributed by atoms with Gasteiger partial charge in [-0.15, -0.1) is 0 Å². The molecule has 0 bridgehead atoms. The minimum atomic E-state index is 0.613. The molecule has 4 heteroatoms. The van der Waals surface area contributed by atoms with Gasteiger partial charge in [-0.2, -0.15) is 0 Å². The van der Waals surface area contributed by atoms with Gasteiger partial charge in [0.05, 0.1) is 27.8 Å². The average molecular weight is 295 g/mol. The molecule has 1 aromatic carbocycles. The topological polar surface area (TPSA) is 25.8 Å². The fourth-order valence-corrected chi connectivity index (χ4v) is 2.58. The number of benzene rings is 1. The van der Waals surface area contributed by atoms with Crippen LogP contribution in [0.1, 0.15) is 30.9 Å². The van der Waals surface area contributed by atoms with Gasteiger partial charge in [0.15, 0.2) is 0 Å². The summed E-state index contributed by atoms with van der Waals surface area (Å²) >= 11 is 12.2. The first-order valence-electron chi connectivity index (χ1n) is 6.38. The van der Waals surface area contributed by atoms with Crippen LogP contribution in [0.15, 0.2) is 18.2 Å².